The first-order valence-corrected chi connectivity index (χ1v) is 8.89. The molecule has 1 saturated heterocycles. The Morgan fingerprint density at radius 1 is 1.19 bits per heavy atom. The maximum absolute atomic E-state index is 12.8. The predicted molar refractivity (Wildman–Crippen MR) is 95.2 cm³/mol. The van der Waals surface area contributed by atoms with Gasteiger partial charge in [0.25, 0.3) is 0 Å². The zero-order valence-corrected chi connectivity index (χ0v) is 15.1. The first-order valence-electron chi connectivity index (χ1n) is 8.51. The summed E-state index contributed by atoms with van der Waals surface area (Å²) in [6, 6.07) is 10.3. The molecule has 1 aliphatic rings. The molecule has 1 fully saturated rings. The van der Waals surface area contributed by atoms with E-state index in [0.717, 1.165) is 32.3 Å². The maximum atomic E-state index is 12.8. The number of anilines is 1. The molecule has 1 aliphatic heterocycles. The molecule has 0 amide bonds. The molecule has 0 spiro atoms. The molecule has 1 atom stereocenters. The highest BCUT2D eigenvalue weighted by Crippen LogP contribution is 2.32. The van der Waals surface area contributed by atoms with Crippen LogP contribution in [0.5, 0.6) is 0 Å². The first kappa shape index (κ1) is 18.9. The van der Waals surface area contributed by atoms with Gasteiger partial charge in [0.1, 0.15) is 0 Å². The third-order valence-electron chi connectivity index (χ3n) is 4.56. The van der Waals surface area contributed by atoms with E-state index in [4.69, 9.17) is 11.6 Å². The van der Waals surface area contributed by atoms with Gasteiger partial charge >= 0.3 is 6.18 Å². The average Bonchev–Trinajstić information content (AvgIpc) is 2.62. The molecule has 3 rings (SSSR count). The number of hydrogen-bond acceptors (Lipinski definition) is 4. The highest BCUT2D eigenvalue weighted by atomic mass is 35.5. The quantitative estimate of drug-likeness (QED) is 0.788. The standard InChI is InChI=1S/C18H20ClF3N4/c1-2-14-12-25(11-13-6-4-3-5-7-13)8-9-26(14)17-16(19)24-15(10-23-17)18(20,21)22/h3-7,10,14H,2,8-9,11-12H2,1H3/t14-/m0/s1. The summed E-state index contributed by atoms with van der Waals surface area (Å²) in [5.74, 6) is 0.325. The normalized spacial score (nSPS) is 19.0. The lowest BCUT2D eigenvalue weighted by atomic mass is 10.1. The van der Waals surface area contributed by atoms with Gasteiger partial charge in [-0.1, -0.05) is 48.9 Å². The Labute approximate surface area is 155 Å². The molecule has 0 radical (unpaired) electrons. The minimum Gasteiger partial charge on any atom is -0.349 e. The van der Waals surface area contributed by atoms with Crippen LogP contribution in [0.1, 0.15) is 24.6 Å². The summed E-state index contributed by atoms with van der Waals surface area (Å²) in [5.41, 5.74) is 0.171. The van der Waals surface area contributed by atoms with E-state index in [-0.39, 0.29) is 11.2 Å². The third kappa shape index (κ3) is 4.27. The molecule has 8 heteroatoms. The van der Waals surface area contributed by atoms with Crippen molar-refractivity contribution in [2.24, 2.45) is 0 Å². The van der Waals surface area contributed by atoms with Gasteiger partial charge in [0.15, 0.2) is 16.7 Å². The number of piperazine rings is 1. The van der Waals surface area contributed by atoms with Crippen LogP contribution in [-0.4, -0.2) is 40.5 Å². The van der Waals surface area contributed by atoms with Gasteiger partial charge in [-0.2, -0.15) is 13.2 Å². The maximum Gasteiger partial charge on any atom is 0.434 e. The van der Waals surface area contributed by atoms with Crippen LogP contribution >= 0.6 is 11.6 Å². The fourth-order valence-electron chi connectivity index (χ4n) is 3.22. The Bertz CT molecular complexity index is 739. The molecule has 26 heavy (non-hydrogen) atoms. The topological polar surface area (TPSA) is 32.3 Å². The molecule has 0 saturated carbocycles. The molecule has 1 aromatic heterocycles. The number of benzene rings is 1. The van der Waals surface area contributed by atoms with Crippen molar-refractivity contribution in [2.45, 2.75) is 32.1 Å². The Hall–Kier alpha value is -1.86. The summed E-state index contributed by atoms with van der Waals surface area (Å²) in [5, 5.41) is -0.199. The van der Waals surface area contributed by atoms with Crippen LogP contribution in [0.15, 0.2) is 36.5 Å². The number of nitrogens with zero attached hydrogens (tertiary/aromatic N) is 4. The zero-order valence-electron chi connectivity index (χ0n) is 14.4. The summed E-state index contributed by atoms with van der Waals surface area (Å²) in [4.78, 5) is 11.8. The van der Waals surface area contributed by atoms with Crippen molar-refractivity contribution in [3.63, 3.8) is 0 Å². The molecule has 2 aromatic rings. The highest BCUT2D eigenvalue weighted by Gasteiger charge is 2.35. The Kier molecular flexibility index (Phi) is 5.67. The molecule has 0 N–H and O–H groups in total. The van der Waals surface area contributed by atoms with Gasteiger partial charge in [0.2, 0.25) is 0 Å². The summed E-state index contributed by atoms with van der Waals surface area (Å²) in [7, 11) is 0. The summed E-state index contributed by atoms with van der Waals surface area (Å²) in [6.07, 6.45) is -2.96. The van der Waals surface area contributed by atoms with E-state index >= 15 is 0 Å². The highest BCUT2D eigenvalue weighted by molar-refractivity contribution is 6.31. The van der Waals surface area contributed by atoms with Crippen molar-refractivity contribution in [1.82, 2.24) is 14.9 Å². The van der Waals surface area contributed by atoms with Crippen LogP contribution in [0.25, 0.3) is 0 Å². The number of hydrogen-bond donors (Lipinski definition) is 0. The average molecular weight is 385 g/mol. The van der Waals surface area contributed by atoms with Crippen molar-refractivity contribution in [1.29, 1.82) is 0 Å². The molecule has 140 valence electrons. The number of rotatable bonds is 4. The van der Waals surface area contributed by atoms with Gasteiger partial charge in [-0.25, -0.2) is 9.97 Å². The van der Waals surface area contributed by atoms with Crippen LogP contribution in [0.3, 0.4) is 0 Å². The van der Waals surface area contributed by atoms with Crippen LogP contribution in [0.2, 0.25) is 5.15 Å². The number of halogens is 4. The van der Waals surface area contributed by atoms with Gasteiger partial charge < -0.3 is 4.90 Å². The largest absolute Gasteiger partial charge is 0.434 e. The van der Waals surface area contributed by atoms with E-state index in [1.807, 2.05) is 23.1 Å². The third-order valence-corrected chi connectivity index (χ3v) is 4.82. The molecule has 4 nitrogen and oxygen atoms in total. The minimum atomic E-state index is -4.55. The lowest BCUT2D eigenvalue weighted by molar-refractivity contribution is -0.141. The number of alkyl halides is 3. The van der Waals surface area contributed by atoms with Gasteiger partial charge in [-0.3, -0.25) is 4.90 Å². The second-order valence-corrected chi connectivity index (χ2v) is 6.70. The Balaban J connectivity index is 1.74. The second kappa shape index (κ2) is 7.80. The van der Waals surface area contributed by atoms with Crippen molar-refractivity contribution >= 4 is 17.4 Å². The van der Waals surface area contributed by atoms with Crippen LogP contribution in [-0.2, 0) is 12.7 Å². The van der Waals surface area contributed by atoms with Crippen LogP contribution in [0.4, 0.5) is 19.0 Å². The van der Waals surface area contributed by atoms with Crippen molar-refractivity contribution in [3.05, 3.63) is 52.9 Å². The zero-order chi connectivity index (χ0) is 18.7. The summed E-state index contributed by atoms with van der Waals surface area (Å²) in [6.45, 7) is 5.12. The molecule has 1 aromatic carbocycles. The minimum absolute atomic E-state index is 0.121. The van der Waals surface area contributed by atoms with E-state index in [2.05, 4.69) is 33.9 Å². The first-order chi connectivity index (χ1) is 12.4. The lowest BCUT2D eigenvalue weighted by Crippen LogP contribution is -2.53. The van der Waals surface area contributed by atoms with E-state index < -0.39 is 11.9 Å². The Morgan fingerprint density at radius 3 is 2.54 bits per heavy atom. The predicted octanol–water partition coefficient (Wildman–Crippen LogP) is 4.25. The van der Waals surface area contributed by atoms with E-state index in [1.165, 1.54) is 5.56 Å². The van der Waals surface area contributed by atoms with Crippen molar-refractivity contribution in [3.8, 4) is 0 Å². The molecule has 2 heterocycles. The Morgan fingerprint density at radius 2 is 1.92 bits per heavy atom. The molecular weight excluding hydrogens is 365 g/mol. The SMILES string of the molecule is CC[C@H]1CN(Cc2ccccc2)CCN1c1ncc(C(F)(F)F)nc1Cl. The summed E-state index contributed by atoms with van der Waals surface area (Å²) < 4.78 is 38.3. The fourth-order valence-corrected chi connectivity index (χ4v) is 3.47. The molecule has 0 aliphatic carbocycles. The molecule has 0 unspecified atom stereocenters. The monoisotopic (exact) mass is 384 g/mol. The van der Waals surface area contributed by atoms with Crippen LogP contribution < -0.4 is 4.90 Å². The smallest absolute Gasteiger partial charge is 0.349 e. The van der Waals surface area contributed by atoms with Gasteiger partial charge in [0, 0.05) is 32.2 Å². The lowest BCUT2D eigenvalue weighted by Gasteiger charge is -2.42. The van der Waals surface area contributed by atoms with Gasteiger partial charge in [-0.15, -0.1) is 0 Å². The fraction of sp³-hybridized carbons (Fsp3) is 0.444. The van der Waals surface area contributed by atoms with E-state index in [9.17, 15) is 13.2 Å². The van der Waals surface area contributed by atoms with Gasteiger partial charge in [0.05, 0.1) is 6.20 Å². The van der Waals surface area contributed by atoms with Gasteiger partial charge in [-0.05, 0) is 12.0 Å². The van der Waals surface area contributed by atoms with E-state index in [0.29, 0.717) is 12.4 Å². The molecule has 0 bridgehead atoms. The molecular formula is C18H20ClF3N4. The van der Waals surface area contributed by atoms with Crippen molar-refractivity contribution < 1.29 is 13.2 Å². The van der Waals surface area contributed by atoms with Crippen molar-refractivity contribution in [2.75, 3.05) is 24.5 Å². The van der Waals surface area contributed by atoms with E-state index in [1.54, 1.807) is 0 Å². The van der Waals surface area contributed by atoms with Crippen LogP contribution in [0, 0.1) is 0 Å². The summed E-state index contributed by atoms with van der Waals surface area (Å²) >= 11 is 6.03. The number of aromatic nitrogens is 2. The second-order valence-electron chi connectivity index (χ2n) is 6.34.